The van der Waals surface area contributed by atoms with Gasteiger partial charge >= 0.3 is 0 Å². The Hall–Kier alpha value is -3.52. The summed E-state index contributed by atoms with van der Waals surface area (Å²) < 4.78 is 1.56. The lowest BCUT2D eigenvalue weighted by Crippen LogP contribution is -2.40. The number of rotatable bonds is 5. The van der Waals surface area contributed by atoms with Crippen molar-refractivity contribution in [2.45, 2.75) is 19.4 Å². The van der Waals surface area contributed by atoms with Gasteiger partial charge in [0.05, 0.1) is 16.3 Å². The molecule has 32 heavy (non-hydrogen) atoms. The van der Waals surface area contributed by atoms with Crippen LogP contribution in [0.3, 0.4) is 0 Å². The minimum atomic E-state index is -0.0965. The van der Waals surface area contributed by atoms with Crippen molar-refractivity contribution in [1.82, 2.24) is 24.9 Å². The lowest BCUT2D eigenvalue weighted by molar-refractivity contribution is 0.0674. The number of piperidine rings is 1. The average Bonchev–Trinajstić information content (AvgIpc) is 3.53. The average molecular weight is 446 g/mol. The molecule has 1 amide bonds. The van der Waals surface area contributed by atoms with Crippen molar-refractivity contribution in [1.29, 1.82) is 0 Å². The van der Waals surface area contributed by atoms with E-state index in [-0.39, 0.29) is 11.5 Å². The number of hydrogen-bond acceptors (Lipinski definition) is 5. The van der Waals surface area contributed by atoms with Gasteiger partial charge in [-0.05, 0) is 42.3 Å². The number of H-pyrrole nitrogens is 1. The Bertz CT molecular complexity index is 1260. The number of aromatic amines is 1. The van der Waals surface area contributed by atoms with Crippen LogP contribution in [-0.4, -0.2) is 43.9 Å². The SMILES string of the molecule is O=C(c1cc(-c2cccs2)[nH]n1)N1CCC(Cn2nc(-c3ccccc3)ccc2=O)CC1. The molecule has 4 heterocycles. The van der Waals surface area contributed by atoms with Crippen LogP contribution < -0.4 is 5.56 Å². The molecule has 0 saturated carbocycles. The second-order valence-corrected chi connectivity index (χ2v) is 8.93. The van der Waals surface area contributed by atoms with E-state index in [1.54, 1.807) is 28.2 Å². The maximum atomic E-state index is 12.9. The number of carbonyl (C=O) groups is 1. The monoisotopic (exact) mass is 445 g/mol. The molecule has 0 aliphatic carbocycles. The molecule has 1 aromatic carbocycles. The van der Waals surface area contributed by atoms with Gasteiger partial charge in [-0.25, -0.2) is 4.68 Å². The van der Waals surface area contributed by atoms with Crippen molar-refractivity contribution in [2.75, 3.05) is 13.1 Å². The molecule has 0 unspecified atom stereocenters. The molecule has 0 atom stereocenters. The zero-order chi connectivity index (χ0) is 21.9. The molecule has 1 aliphatic rings. The van der Waals surface area contributed by atoms with Crippen LogP contribution in [0.1, 0.15) is 23.3 Å². The van der Waals surface area contributed by atoms with E-state index in [1.165, 1.54) is 0 Å². The molecule has 7 nitrogen and oxygen atoms in total. The Kier molecular flexibility index (Phi) is 5.68. The van der Waals surface area contributed by atoms with Gasteiger partial charge in [-0.15, -0.1) is 11.3 Å². The topological polar surface area (TPSA) is 83.9 Å². The number of likely N-dealkylation sites (tertiary alicyclic amines) is 1. The number of hydrogen-bond donors (Lipinski definition) is 1. The first-order valence-corrected chi connectivity index (χ1v) is 11.6. The van der Waals surface area contributed by atoms with Gasteiger partial charge in [-0.2, -0.15) is 10.2 Å². The molecule has 0 spiro atoms. The van der Waals surface area contributed by atoms with Crippen molar-refractivity contribution < 1.29 is 4.79 Å². The van der Waals surface area contributed by atoms with Crippen molar-refractivity contribution >= 4 is 17.2 Å². The molecule has 162 valence electrons. The van der Waals surface area contributed by atoms with Gasteiger partial charge in [0.25, 0.3) is 11.5 Å². The zero-order valence-corrected chi connectivity index (χ0v) is 18.3. The number of benzene rings is 1. The summed E-state index contributed by atoms with van der Waals surface area (Å²) in [5.41, 5.74) is 2.99. The van der Waals surface area contributed by atoms with Gasteiger partial charge in [0, 0.05) is 31.3 Å². The number of amides is 1. The van der Waals surface area contributed by atoms with Gasteiger partial charge in [0.2, 0.25) is 0 Å². The second kappa shape index (κ2) is 8.92. The lowest BCUT2D eigenvalue weighted by Gasteiger charge is -2.31. The van der Waals surface area contributed by atoms with Gasteiger partial charge in [-0.3, -0.25) is 14.7 Å². The predicted molar refractivity (Wildman–Crippen MR) is 124 cm³/mol. The van der Waals surface area contributed by atoms with Crippen LogP contribution >= 0.6 is 11.3 Å². The molecule has 1 N–H and O–H groups in total. The summed E-state index contributed by atoms with van der Waals surface area (Å²) in [6.07, 6.45) is 1.66. The number of nitrogens with one attached hydrogen (secondary N) is 1. The van der Waals surface area contributed by atoms with E-state index in [0.717, 1.165) is 34.7 Å². The highest BCUT2D eigenvalue weighted by Crippen LogP contribution is 2.25. The van der Waals surface area contributed by atoms with E-state index < -0.39 is 0 Å². The first kappa shape index (κ1) is 20.4. The molecule has 1 fully saturated rings. The minimum absolute atomic E-state index is 0.0520. The minimum Gasteiger partial charge on any atom is -0.337 e. The van der Waals surface area contributed by atoms with Gasteiger partial charge in [0.1, 0.15) is 0 Å². The Morgan fingerprint density at radius 2 is 1.88 bits per heavy atom. The highest BCUT2D eigenvalue weighted by molar-refractivity contribution is 7.13. The lowest BCUT2D eigenvalue weighted by atomic mass is 9.96. The van der Waals surface area contributed by atoms with Crippen LogP contribution in [0.25, 0.3) is 21.8 Å². The summed E-state index contributed by atoms with van der Waals surface area (Å²) in [5, 5.41) is 13.8. The van der Waals surface area contributed by atoms with E-state index in [2.05, 4.69) is 15.3 Å². The highest BCUT2D eigenvalue weighted by atomic mass is 32.1. The molecular weight excluding hydrogens is 422 g/mol. The van der Waals surface area contributed by atoms with Crippen LogP contribution in [0.4, 0.5) is 0 Å². The fourth-order valence-corrected chi connectivity index (χ4v) is 4.75. The molecule has 5 rings (SSSR count). The maximum absolute atomic E-state index is 12.9. The van der Waals surface area contributed by atoms with Crippen molar-refractivity contribution in [3.8, 4) is 21.8 Å². The molecule has 0 radical (unpaired) electrons. The molecule has 8 heteroatoms. The predicted octanol–water partition coefficient (Wildman–Crippen LogP) is 3.91. The van der Waals surface area contributed by atoms with E-state index in [9.17, 15) is 9.59 Å². The summed E-state index contributed by atoms with van der Waals surface area (Å²) in [6, 6.07) is 19.0. The quantitative estimate of drug-likeness (QED) is 0.505. The summed E-state index contributed by atoms with van der Waals surface area (Å²) in [6.45, 7) is 1.86. The van der Waals surface area contributed by atoms with Gasteiger partial charge in [0.15, 0.2) is 5.69 Å². The molecular formula is C24H23N5O2S. The smallest absolute Gasteiger partial charge is 0.274 e. The van der Waals surface area contributed by atoms with Crippen LogP contribution in [0.5, 0.6) is 0 Å². The van der Waals surface area contributed by atoms with Crippen molar-refractivity contribution in [3.63, 3.8) is 0 Å². The molecule has 1 saturated heterocycles. The van der Waals surface area contributed by atoms with E-state index in [1.807, 2.05) is 58.8 Å². The second-order valence-electron chi connectivity index (χ2n) is 7.98. The number of nitrogens with zero attached hydrogens (tertiary/aromatic N) is 4. The third-order valence-corrected chi connectivity index (χ3v) is 6.76. The number of thiophene rings is 1. The zero-order valence-electron chi connectivity index (χ0n) is 17.5. The molecule has 1 aliphatic heterocycles. The van der Waals surface area contributed by atoms with Gasteiger partial charge < -0.3 is 4.90 Å². The first-order valence-electron chi connectivity index (χ1n) is 10.7. The Balaban J connectivity index is 1.22. The largest absolute Gasteiger partial charge is 0.337 e. The Labute approximate surface area is 189 Å². The fraction of sp³-hybridized carbons (Fsp3) is 0.250. The maximum Gasteiger partial charge on any atom is 0.274 e. The van der Waals surface area contributed by atoms with Crippen molar-refractivity contribution in [3.05, 3.63) is 82.1 Å². The van der Waals surface area contributed by atoms with E-state index in [4.69, 9.17) is 0 Å². The van der Waals surface area contributed by atoms with E-state index >= 15 is 0 Å². The number of carbonyl (C=O) groups excluding carboxylic acids is 1. The first-order chi connectivity index (χ1) is 15.7. The third-order valence-electron chi connectivity index (χ3n) is 5.85. The fourth-order valence-electron chi connectivity index (χ4n) is 4.06. The molecule has 4 aromatic rings. The van der Waals surface area contributed by atoms with Crippen molar-refractivity contribution in [2.24, 2.45) is 5.92 Å². The normalized spacial score (nSPS) is 14.6. The summed E-state index contributed by atoms with van der Waals surface area (Å²) >= 11 is 1.61. The highest BCUT2D eigenvalue weighted by Gasteiger charge is 2.26. The van der Waals surface area contributed by atoms with Crippen LogP contribution in [0.15, 0.2) is 70.8 Å². The molecule has 0 bridgehead atoms. The summed E-state index contributed by atoms with van der Waals surface area (Å²) in [5.74, 6) is 0.250. The van der Waals surface area contributed by atoms with Crippen LogP contribution in [-0.2, 0) is 6.54 Å². The van der Waals surface area contributed by atoms with Crippen LogP contribution in [0.2, 0.25) is 0 Å². The Morgan fingerprint density at radius 1 is 1.06 bits per heavy atom. The van der Waals surface area contributed by atoms with Gasteiger partial charge in [-0.1, -0.05) is 36.4 Å². The standard InChI is InChI=1S/C24H23N5O2S/c30-23-9-8-19(18-5-2-1-3-6-18)27-29(23)16-17-10-12-28(13-11-17)24(31)21-15-20(25-26-21)22-7-4-14-32-22/h1-9,14-15,17H,10-13,16H2,(H,25,26). The Morgan fingerprint density at radius 3 is 2.62 bits per heavy atom. The van der Waals surface area contributed by atoms with Crippen LogP contribution in [0, 0.1) is 5.92 Å². The third kappa shape index (κ3) is 4.27. The van der Waals surface area contributed by atoms with E-state index in [0.29, 0.717) is 31.2 Å². The summed E-state index contributed by atoms with van der Waals surface area (Å²) in [4.78, 5) is 28.2. The summed E-state index contributed by atoms with van der Waals surface area (Å²) in [7, 11) is 0. The molecule has 3 aromatic heterocycles. The number of aromatic nitrogens is 4.